The molecule has 0 saturated heterocycles. The van der Waals surface area contributed by atoms with E-state index < -0.39 is 5.97 Å². The number of aromatic amines is 1. The highest BCUT2D eigenvalue weighted by molar-refractivity contribution is 6.01. The van der Waals surface area contributed by atoms with Crippen LogP contribution in [-0.2, 0) is 4.74 Å². The van der Waals surface area contributed by atoms with Crippen LogP contribution >= 0.6 is 0 Å². The lowest BCUT2D eigenvalue weighted by Gasteiger charge is -1.93. The van der Waals surface area contributed by atoms with Crippen molar-refractivity contribution in [3.05, 3.63) is 30.0 Å². The molecule has 0 radical (unpaired) electrons. The minimum Gasteiger partial charge on any atom is -0.464 e. The topological polar surface area (TPSA) is 55.0 Å². The van der Waals surface area contributed by atoms with Gasteiger partial charge in [0.25, 0.3) is 0 Å². The summed E-state index contributed by atoms with van der Waals surface area (Å²) in [5.41, 5.74) is 1.17. The molecule has 1 N–H and O–H groups in total. The van der Waals surface area contributed by atoms with E-state index in [1.165, 1.54) is 7.11 Å². The van der Waals surface area contributed by atoms with Gasteiger partial charge < -0.3 is 4.74 Å². The number of esters is 1. The van der Waals surface area contributed by atoms with Crippen LogP contribution in [0.25, 0.3) is 10.9 Å². The quantitative estimate of drug-likeness (QED) is 0.703. The van der Waals surface area contributed by atoms with Gasteiger partial charge in [0.2, 0.25) is 0 Å². The summed E-state index contributed by atoms with van der Waals surface area (Å²) in [6, 6.07) is 7.41. The molecule has 1 aromatic carbocycles. The number of nitrogens with zero attached hydrogens (tertiary/aromatic N) is 1. The van der Waals surface area contributed by atoms with E-state index in [4.69, 9.17) is 0 Å². The van der Waals surface area contributed by atoms with Gasteiger partial charge in [0.05, 0.1) is 12.6 Å². The highest BCUT2D eigenvalue weighted by Gasteiger charge is 2.12. The third kappa shape index (κ3) is 1.46. The fourth-order valence-corrected chi connectivity index (χ4v) is 1.22. The lowest BCUT2D eigenvalue weighted by atomic mass is 10.2. The van der Waals surface area contributed by atoms with E-state index in [1.807, 2.05) is 24.3 Å². The lowest BCUT2D eigenvalue weighted by Crippen LogP contribution is -2.01. The fraction of sp³-hybridized carbons (Fsp3) is 0.200. The van der Waals surface area contributed by atoms with Crippen molar-refractivity contribution >= 4 is 16.9 Å². The number of rotatable bonds is 1. The Morgan fingerprint density at radius 2 is 2.14 bits per heavy atom. The molecule has 0 atom stereocenters. The third-order valence-electron chi connectivity index (χ3n) is 1.85. The summed E-state index contributed by atoms with van der Waals surface area (Å²) >= 11 is 0. The molecule has 14 heavy (non-hydrogen) atoms. The molecule has 0 aliphatic heterocycles. The minimum absolute atomic E-state index is 0. The average Bonchev–Trinajstić information content (AvgIpc) is 2.60. The smallest absolute Gasteiger partial charge is 0.359 e. The number of carbonyl (C=O) groups is 1. The van der Waals surface area contributed by atoms with Gasteiger partial charge in [-0.1, -0.05) is 25.6 Å². The fourth-order valence-electron chi connectivity index (χ4n) is 1.22. The maximum atomic E-state index is 11.2. The number of aromatic nitrogens is 2. The van der Waals surface area contributed by atoms with Crippen LogP contribution in [0.2, 0.25) is 0 Å². The van der Waals surface area contributed by atoms with Crippen LogP contribution in [0.3, 0.4) is 0 Å². The number of fused-ring (bicyclic) bond motifs is 1. The lowest BCUT2D eigenvalue weighted by molar-refractivity contribution is 0.0596. The zero-order valence-corrected chi connectivity index (χ0v) is 7.07. The highest BCUT2D eigenvalue weighted by Crippen LogP contribution is 2.15. The molecule has 1 aromatic heterocycles. The normalized spacial score (nSPS) is 9.50. The molecule has 0 amide bonds. The number of hydrogen-bond acceptors (Lipinski definition) is 3. The van der Waals surface area contributed by atoms with Crippen LogP contribution in [0.1, 0.15) is 17.9 Å². The Hall–Kier alpha value is -1.84. The second-order valence-corrected chi connectivity index (χ2v) is 2.61. The summed E-state index contributed by atoms with van der Waals surface area (Å²) in [5, 5.41) is 7.41. The zero-order valence-electron chi connectivity index (χ0n) is 7.07. The van der Waals surface area contributed by atoms with Crippen molar-refractivity contribution in [1.29, 1.82) is 0 Å². The largest absolute Gasteiger partial charge is 0.464 e. The number of ether oxygens (including phenoxy) is 1. The van der Waals surface area contributed by atoms with Gasteiger partial charge in [0.1, 0.15) is 0 Å². The molecule has 1 heterocycles. The Balaban J connectivity index is 0.000000980. The van der Waals surface area contributed by atoms with Crippen LogP contribution in [-0.4, -0.2) is 23.3 Å². The van der Waals surface area contributed by atoms with Crippen LogP contribution in [0.4, 0.5) is 0 Å². The molecule has 0 fully saturated rings. The van der Waals surface area contributed by atoms with Gasteiger partial charge in [-0.05, 0) is 6.07 Å². The van der Waals surface area contributed by atoms with Crippen LogP contribution < -0.4 is 0 Å². The number of nitrogens with one attached hydrogen (secondary N) is 1. The molecule has 4 nitrogen and oxygen atoms in total. The summed E-state index contributed by atoms with van der Waals surface area (Å²) in [6.45, 7) is 0. The van der Waals surface area contributed by atoms with Gasteiger partial charge in [-0.2, -0.15) is 5.10 Å². The minimum atomic E-state index is -0.419. The summed E-state index contributed by atoms with van der Waals surface area (Å²) in [5.74, 6) is -0.419. The predicted molar refractivity (Wildman–Crippen MR) is 54.2 cm³/mol. The van der Waals surface area contributed by atoms with Crippen molar-refractivity contribution in [3.63, 3.8) is 0 Å². The number of hydrogen-bond donors (Lipinski definition) is 1. The second kappa shape index (κ2) is 3.91. The standard InChI is InChI=1S/C9H8N2O2.CH4/c1-13-9(12)8-6-4-2-3-5-7(6)10-11-8;/h2-5H,1H3,(H,10,11);1H4. The first-order chi connectivity index (χ1) is 6.33. The molecule has 0 unspecified atom stereocenters. The van der Waals surface area contributed by atoms with Gasteiger partial charge >= 0.3 is 5.97 Å². The first-order valence-electron chi connectivity index (χ1n) is 3.84. The predicted octanol–water partition coefficient (Wildman–Crippen LogP) is 1.99. The first-order valence-corrected chi connectivity index (χ1v) is 3.84. The number of methoxy groups -OCH3 is 1. The summed E-state index contributed by atoms with van der Waals surface area (Å²) in [6.07, 6.45) is 0. The van der Waals surface area contributed by atoms with E-state index >= 15 is 0 Å². The van der Waals surface area contributed by atoms with Crippen molar-refractivity contribution < 1.29 is 9.53 Å². The third-order valence-corrected chi connectivity index (χ3v) is 1.85. The van der Waals surface area contributed by atoms with E-state index in [2.05, 4.69) is 14.9 Å². The molecule has 74 valence electrons. The first kappa shape index (κ1) is 10.2. The van der Waals surface area contributed by atoms with E-state index in [9.17, 15) is 4.79 Å². The Morgan fingerprint density at radius 3 is 2.86 bits per heavy atom. The molecule has 0 bridgehead atoms. The summed E-state index contributed by atoms with van der Waals surface area (Å²) in [4.78, 5) is 11.2. The van der Waals surface area contributed by atoms with Crippen molar-refractivity contribution in [1.82, 2.24) is 10.2 Å². The van der Waals surface area contributed by atoms with Crippen molar-refractivity contribution in [3.8, 4) is 0 Å². The summed E-state index contributed by atoms with van der Waals surface area (Å²) < 4.78 is 4.58. The van der Waals surface area contributed by atoms with Gasteiger partial charge in [0.15, 0.2) is 5.69 Å². The number of H-pyrrole nitrogens is 1. The van der Waals surface area contributed by atoms with Crippen molar-refractivity contribution in [2.75, 3.05) is 7.11 Å². The Labute approximate surface area is 81.9 Å². The molecule has 2 rings (SSSR count). The molecule has 0 spiro atoms. The van der Waals surface area contributed by atoms with Crippen molar-refractivity contribution in [2.45, 2.75) is 7.43 Å². The number of carbonyl (C=O) groups excluding carboxylic acids is 1. The van der Waals surface area contributed by atoms with Gasteiger partial charge in [-0.25, -0.2) is 4.79 Å². The van der Waals surface area contributed by atoms with E-state index in [0.29, 0.717) is 5.69 Å². The molecular weight excluding hydrogens is 180 g/mol. The Kier molecular flexibility index (Phi) is 2.86. The SMILES string of the molecule is C.COC(=O)c1n[nH]c2ccccc12. The van der Waals surface area contributed by atoms with Crippen LogP contribution in [0, 0.1) is 0 Å². The van der Waals surface area contributed by atoms with E-state index in [1.54, 1.807) is 0 Å². The Morgan fingerprint density at radius 1 is 1.43 bits per heavy atom. The molecule has 0 aliphatic carbocycles. The molecule has 0 aliphatic rings. The van der Waals surface area contributed by atoms with Crippen molar-refractivity contribution in [2.24, 2.45) is 0 Å². The molecule has 4 heteroatoms. The second-order valence-electron chi connectivity index (χ2n) is 2.61. The maximum Gasteiger partial charge on any atom is 0.359 e. The van der Waals surface area contributed by atoms with Crippen LogP contribution in [0.15, 0.2) is 24.3 Å². The van der Waals surface area contributed by atoms with Crippen LogP contribution in [0.5, 0.6) is 0 Å². The maximum absolute atomic E-state index is 11.2. The average molecular weight is 192 g/mol. The zero-order chi connectivity index (χ0) is 9.26. The highest BCUT2D eigenvalue weighted by atomic mass is 16.5. The summed E-state index contributed by atoms with van der Waals surface area (Å²) in [7, 11) is 1.34. The molecule has 0 saturated carbocycles. The number of benzene rings is 1. The monoisotopic (exact) mass is 192 g/mol. The van der Waals surface area contributed by atoms with E-state index in [-0.39, 0.29) is 7.43 Å². The number of para-hydroxylation sites is 1. The Bertz CT molecular complexity index is 448. The van der Waals surface area contributed by atoms with Gasteiger partial charge in [0, 0.05) is 5.39 Å². The molecular formula is C10H12N2O2. The van der Waals surface area contributed by atoms with Gasteiger partial charge in [-0.3, -0.25) is 5.10 Å². The molecule has 2 aromatic rings. The van der Waals surface area contributed by atoms with E-state index in [0.717, 1.165) is 10.9 Å². The van der Waals surface area contributed by atoms with Gasteiger partial charge in [-0.15, -0.1) is 0 Å².